The third-order valence-electron chi connectivity index (χ3n) is 5.41. The maximum Gasteiger partial charge on any atom is 0.243 e. The van der Waals surface area contributed by atoms with Crippen LogP contribution in [0.15, 0.2) is 60.9 Å². The Labute approximate surface area is 168 Å². The highest BCUT2D eigenvalue weighted by Gasteiger charge is 2.18. The van der Waals surface area contributed by atoms with Crippen LogP contribution in [-0.2, 0) is 11.3 Å². The summed E-state index contributed by atoms with van der Waals surface area (Å²) in [6.45, 7) is 4.24. The van der Waals surface area contributed by atoms with Crippen LogP contribution < -0.4 is 5.32 Å². The molecule has 28 heavy (non-hydrogen) atoms. The van der Waals surface area contributed by atoms with E-state index >= 15 is 0 Å². The zero-order valence-corrected chi connectivity index (χ0v) is 16.6. The van der Waals surface area contributed by atoms with E-state index in [0.29, 0.717) is 0 Å². The van der Waals surface area contributed by atoms with Gasteiger partial charge in [-0.15, -0.1) is 0 Å². The van der Waals surface area contributed by atoms with E-state index in [9.17, 15) is 4.79 Å². The summed E-state index contributed by atoms with van der Waals surface area (Å²) in [7, 11) is 0. The maximum atomic E-state index is 11.8. The number of pyridine rings is 1. The molecule has 1 aromatic heterocycles. The molecule has 0 spiro atoms. The standard InChI is InChI=1S/C24H31N3O/c28-24(12-11-22-10-6-15-25-19-22)26-16-5-4-7-21-13-17-27(18-14-21)20-23-8-2-1-3-9-23/h1-3,6,8-12,15,19,21H,4-5,7,13-14,16-18,20H2,(H,26,28). The highest BCUT2D eigenvalue weighted by molar-refractivity contribution is 5.91. The van der Waals surface area contributed by atoms with Crippen molar-refractivity contribution in [3.63, 3.8) is 0 Å². The molecule has 1 fully saturated rings. The van der Waals surface area contributed by atoms with Crippen molar-refractivity contribution in [2.45, 2.75) is 38.6 Å². The van der Waals surface area contributed by atoms with Gasteiger partial charge in [-0.05, 0) is 61.5 Å². The van der Waals surface area contributed by atoms with Crippen molar-refractivity contribution in [3.05, 3.63) is 72.1 Å². The molecule has 4 nitrogen and oxygen atoms in total. The first-order valence-corrected chi connectivity index (χ1v) is 10.4. The fourth-order valence-electron chi connectivity index (χ4n) is 3.75. The van der Waals surface area contributed by atoms with E-state index in [1.165, 1.54) is 44.3 Å². The van der Waals surface area contributed by atoms with Crippen molar-refractivity contribution < 1.29 is 4.79 Å². The van der Waals surface area contributed by atoms with Crippen LogP contribution in [0, 0.1) is 5.92 Å². The number of nitrogens with zero attached hydrogens (tertiary/aromatic N) is 2. The first-order chi connectivity index (χ1) is 13.8. The summed E-state index contributed by atoms with van der Waals surface area (Å²) in [5.41, 5.74) is 2.35. The average molecular weight is 378 g/mol. The summed E-state index contributed by atoms with van der Waals surface area (Å²) in [5, 5.41) is 2.97. The van der Waals surface area contributed by atoms with Gasteiger partial charge in [-0.3, -0.25) is 14.7 Å². The quantitative estimate of drug-likeness (QED) is 0.524. The first-order valence-electron chi connectivity index (χ1n) is 10.4. The second-order valence-electron chi connectivity index (χ2n) is 7.61. The lowest BCUT2D eigenvalue weighted by Gasteiger charge is -2.32. The molecule has 1 amide bonds. The lowest BCUT2D eigenvalue weighted by Crippen LogP contribution is -2.33. The number of nitrogens with one attached hydrogen (secondary N) is 1. The van der Waals surface area contributed by atoms with E-state index in [2.05, 4.69) is 45.5 Å². The number of hydrogen-bond acceptors (Lipinski definition) is 3. The average Bonchev–Trinajstić information content (AvgIpc) is 2.75. The van der Waals surface area contributed by atoms with Gasteiger partial charge in [0.15, 0.2) is 0 Å². The molecule has 0 radical (unpaired) electrons. The molecule has 4 heteroatoms. The van der Waals surface area contributed by atoms with Crippen molar-refractivity contribution >= 4 is 12.0 Å². The Morgan fingerprint density at radius 3 is 2.68 bits per heavy atom. The van der Waals surface area contributed by atoms with Crippen molar-refractivity contribution in [2.75, 3.05) is 19.6 Å². The topological polar surface area (TPSA) is 45.2 Å². The molecule has 1 saturated heterocycles. The molecule has 0 aliphatic carbocycles. The highest BCUT2D eigenvalue weighted by Crippen LogP contribution is 2.23. The summed E-state index contributed by atoms with van der Waals surface area (Å²) in [6, 6.07) is 14.5. The van der Waals surface area contributed by atoms with Crippen LogP contribution in [0.4, 0.5) is 0 Å². The molecule has 0 atom stereocenters. The van der Waals surface area contributed by atoms with Gasteiger partial charge in [0.25, 0.3) is 0 Å². The number of rotatable bonds is 9. The molecular weight excluding hydrogens is 346 g/mol. The number of carbonyl (C=O) groups excluding carboxylic acids is 1. The van der Waals surface area contributed by atoms with Gasteiger partial charge in [0.05, 0.1) is 0 Å². The monoisotopic (exact) mass is 377 g/mol. The maximum absolute atomic E-state index is 11.8. The molecule has 1 aliphatic heterocycles. The van der Waals surface area contributed by atoms with E-state index in [0.717, 1.165) is 31.0 Å². The van der Waals surface area contributed by atoms with Crippen LogP contribution in [0.5, 0.6) is 0 Å². The minimum Gasteiger partial charge on any atom is -0.353 e. The number of hydrogen-bond donors (Lipinski definition) is 1. The molecule has 1 aromatic carbocycles. The predicted molar refractivity (Wildman–Crippen MR) is 115 cm³/mol. The summed E-state index contributed by atoms with van der Waals surface area (Å²) in [6.07, 6.45) is 13.0. The minimum atomic E-state index is -0.0296. The van der Waals surface area contributed by atoms with E-state index in [1.807, 2.05) is 12.1 Å². The van der Waals surface area contributed by atoms with Gasteiger partial charge in [-0.1, -0.05) is 49.2 Å². The van der Waals surface area contributed by atoms with Gasteiger partial charge in [-0.2, -0.15) is 0 Å². The third-order valence-corrected chi connectivity index (χ3v) is 5.41. The van der Waals surface area contributed by atoms with Gasteiger partial charge in [0.1, 0.15) is 0 Å². The second kappa shape index (κ2) is 11.4. The predicted octanol–water partition coefficient (Wildman–Crippen LogP) is 4.29. The molecule has 3 rings (SSSR count). The van der Waals surface area contributed by atoms with Crippen molar-refractivity contribution in [2.24, 2.45) is 5.92 Å². The number of benzene rings is 1. The normalized spacial score (nSPS) is 15.7. The number of likely N-dealkylation sites (tertiary alicyclic amines) is 1. The molecule has 0 saturated carbocycles. The van der Waals surface area contributed by atoms with Crippen LogP contribution in [-0.4, -0.2) is 35.4 Å². The van der Waals surface area contributed by atoms with E-state index in [1.54, 1.807) is 24.5 Å². The van der Waals surface area contributed by atoms with E-state index in [4.69, 9.17) is 0 Å². The molecule has 2 heterocycles. The summed E-state index contributed by atoms with van der Waals surface area (Å²) >= 11 is 0. The summed E-state index contributed by atoms with van der Waals surface area (Å²) < 4.78 is 0. The van der Waals surface area contributed by atoms with Gasteiger partial charge in [0.2, 0.25) is 5.91 Å². The Morgan fingerprint density at radius 1 is 1.11 bits per heavy atom. The molecular formula is C24H31N3O. The smallest absolute Gasteiger partial charge is 0.243 e. The Kier molecular flexibility index (Phi) is 8.26. The van der Waals surface area contributed by atoms with Gasteiger partial charge in [0, 0.05) is 31.6 Å². The Hall–Kier alpha value is -2.46. The Balaban J connectivity index is 1.23. The van der Waals surface area contributed by atoms with Crippen molar-refractivity contribution in [1.82, 2.24) is 15.2 Å². The number of unbranched alkanes of at least 4 members (excludes halogenated alkanes) is 1. The molecule has 148 valence electrons. The lowest BCUT2D eigenvalue weighted by molar-refractivity contribution is -0.116. The Morgan fingerprint density at radius 2 is 1.93 bits per heavy atom. The van der Waals surface area contributed by atoms with Crippen molar-refractivity contribution in [3.8, 4) is 0 Å². The summed E-state index contributed by atoms with van der Waals surface area (Å²) in [5.74, 6) is 0.811. The van der Waals surface area contributed by atoms with Gasteiger partial charge >= 0.3 is 0 Å². The number of carbonyl (C=O) groups is 1. The largest absolute Gasteiger partial charge is 0.353 e. The number of aromatic nitrogens is 1. The second-order valence-corrected chi connectivity index (χ2v) is 7.61. The first kappa shape index (κ1) is 20.3. The number of amides is 1. The van der Waals surface area contributed by atoms with Crippen LogP contribution in [0.1, 0.15) is 43.2 Å². The van der Waals surface area contributed by atoms with Gasteiger partial charge < -0.3 is 5.32 Å². The lowest BCUT2D eigenvalue weighted by atomic mass is 9.91. The molecule has 2 aromatic rings. The highest BCUT2D eigenvalue weighted by atomic mass is 16.1. The van der Waals surface area contributed by atoms with E-state index < -0.39 is 0 Å². The molecule has 0 unspecified atom stereocenters. The van der Waals surface area contributed by atoms with Crippen LogP contribution >= 0.6 is 0 Å². The fourth-order valence-corrected chi connectivity index (χ4v) is 3.75. The molecule has 0 bridgehead atoms. The fraction of sp³-hybridized carbons (Fsp3) is 0.417. The molecule has 1 N–H and O–H groups in total. The Bertz CT molecular complexity index is 722. The number of piperidine rings is 1. The third kappa shape index (κ3) is 7.28. The van der Waals surface area contributed by atoms with E-state index in [-0.39, 0.29) is 5.91 Å². The van der Waals surface area contributed by atoms with Crippen LogP contribution in [0.2, 0.25) is 0 Å². The zero-order valence-electron chi connectivity index (χ0n) is 16.6. The SMILES string of the molecule is O=C(C=Cc1cccnc1)NCCCCC1CCN(Cc2ccccc2)CC1. The van der Waals surface area contributed by atoms with Crippen molar-refractivity contribution in [1.29, 1.82) is 0 Å². The zero-order chi connectivity index (χ0) is 19.4. The van der Waals surface area contributed by atoms with Crippen LogP contribution in [0.25, 0.3) is 6.08 Å². The van der Waals surface area contributed by atoms with Gasteiger partial charge in [-0.25, -0.2) is 0 Å². The molecule has 1 aliphatic rings. The summed E-state index contributed by atoms with van der Waals surface area (Å²) in [4.78, 5) is 18.4. The minimum absolute atomic E-state index is 0.0296. The van der Waals surface area contributed by atoms with Crippen LogP contribution in [0.3, 0.4) is 0 Å².